The third kappa shape index (κ3) is 7.29. The summed E-state index contributed by atoms with van der Waals surface area (Å²) in [6.45, 7) is 3.12. The number of aromatic nitrogens is 3. The summed E-state index contributed by atoms with van der Waals surface area (Å²) in [5.74, 6) is -0.374. The lowest BCUT2D eigenvalue weighted by Gasteiger charge is -2.28. The van der Waals surface area contributed by atoms with Crippen LogP contribution >= 0.6 is 15.9 Å². The standard InChI is InChI=1S/C29H28BrF3N8O/c30-22-11-21(15-36-16-22)25-5-6-37-28(39-25)40-26-13-23(4-3-19(26)14-34)38-27(42)18-1-2-20(24(12-18)29(31,32)33)17-41-9-7-35-8-10-41/h1-6,11-13,15-16,35H,7-10,14,17,34H2,(H,38,42)(H,37,39,40). The first-order valence-electron chi connectivity index (χ1n) is 13.2. The first kappa shape index (κ1) is 29.6. The summed E-state index contributed by atoms with van der Waals surface area (Å²) < 4.78 is 42.7. The molecule has 1 fully saturated rings. The summed E-state index contributed by atoms with van der Waals surface area (Å²) in [7, 11) is 0. The lowest BCUT2D eigenvalue weighted by Crippen LogP contribution is -2.43. The van der Waals surface area contributed by atoms with Crippen LogP contribution in [0.15, 0.2) is 71.6 Å². The fourth-order valence-corrected chi connectivity index (χ4v) is 5.00. The van der Waals surface area contributed by atoms with Gasteiger partial charge in [-0.1, -0.05) is 12.1 Å². The normalized spacial score (nSPS) is 14.0. The maximum Gasteiger partial charge on any atom is 0.416 e. The average Bonchev–Trinajstić information content (AvgIpc) is 2.98. The van der Waals surface area contributed by atoms with E-state index in [1.807, 2.05) is 11.0 Å². The number of hydrogen-bond donors (Lipinski definition) is 4. The molecule has 0 aliphatic carbocycles. The largest absolute Gasteiger partial charge is 0.416 e. The predicted molar refractivity (Wildman–Crippen MR) is 158 cm³/mol. The maximum atomic E-state index is 14.0. The van der Waals surface area contributed by atoms with Crippen LogP contribution in [0.3, 0.4) is 0 Å². The number of benzene rings is 2. The van der Waals surface area contributed by atoms with Crippen LogP contribution in [0, 0.1) is 0 Å². The quantitative estimate of drug-likeness (QED) is 0.208. The summed E-state index contributed by atoms with van der Waals surface area (Å²) in [5, 5.41) is 9.02. The van der Waals surface area contributed by atoms with Gasteiger partial charge in [-0.25, -0.2) is 9.97 Å². The van der Waals surface area contributed by atoms with Gasteiger partial charge in [-0.3, -0.25) is 14.7 Å². The van der Waals surface area contributed by atoms with E-state index in [4.69, 9.17) is 5.73 Å². The molecule has 3 heterocycles. The molecule has 0 spiro atoms. The number of amides is 1. The molecule has 42 heavy (non-hydrogen) atoms. The number of carbonyl (C=O) groups excluding carboxylic acids is 1. The number of hydrogen-bond acceptors (Lipinski definition) is 8. The van der Waals surface area contributed by atoms with Crippen LogP contribution in [-0.4, -0.2) is 51.9 Å². The number of nitrogens with one attached hydrogen (secondary N) is 3. The third-order valence-electron chi connectivity index (χ3n) is 6.77. The minimum atomic E-state index is -4.60. The van der Waals surface area contributed by atoms with Gasteiger partial charge >= 0.3 is 6.18 Å². The Morgan fingerprint density at radius 3 is 2.57 bits per heavy atom. The monoisotopic (exact) mass is 640 g/mol. The second-order valence-electron chi connectivity index (χ2n) is 9.71. The van der Waals surface area contributed by atoms with E-state index >= 15 is 0 Å². The Morgan fingerprint density at radius 1 is 1.05 bits per heavy atom. The summed E-state index contributed by atoms with van der Waals surface area (Å²) in [6, 6.07) is 12.3. The molecule has 0 saturated carbocycles. The minimum Gasteiger partial charge on any atom is -0.326 e. The summed E-state index contributed by atoms with van der Waals surface area (Å²) >= 11 is 3.40. The van der Waals surface area contributed by atoms with E-state index in [9.17, 15) is 18.0 Å². The van der Waals surface area contributed by atoms with E-state index in [1.54, 1.807) is 42.9 Å². The highest BCUT2D eigenvalue weighted by molar-refractivity contribution is 9.10. The van der Waals surface area contributed by atoms with Crippen molar-refractivity contribution in [3.05, 3.63) is 93.8 Å². The highest BCUT2D eigenvalue weighted by atomic mass is 79.9. The Kier molecular flexibility index (Phi) is 9.12. The zero-order chi connectivity index (χ0) is 29.7. The van der Waals surface area contributed by atoms with Gasteiger partial charge in [0.15, 0.2) is 0 Å². The van der Waals surface area contributed by atoms with Crippen LogP contribution in [0.2, 0.25) is 0 Å². The second-order valence-corrected chi connectivity index (χ2v) is 10.6. The Hall–Kier alpha value is -3.91. The zero-order valence-corrected chi connectivity index (χ0v) is 24.0. The number of rotatable bonds is 8. The van der Waals surface area contributed by atoms with Gasteiger partial charge in [-0.2, -0.15) is 13.2 Å². The predicted octanol–water partition coefficient (Wildman–Crippen LogP) is 5.18. The SMILES string of the molecule is NCc1ccc(NC(=O)c2ccc(CN3CCNCC3)c(C(F)(F)F)c2)cc1Nc1nccc(-c2cncc(Br)c2)n1. The van der Waals surface area contributed by atoms with Crippen LogP contribution in [0.5, 0.6) is 0 Å². The van der Waals surface area contributed by atoms with Crippen molar-refractivity contribution in [2.24, 2.45) is 5.73 Å². The fourth-order valence-electron chi connectivity index (χ4n) is 4.63. The van der Waals surface area contributed by atoms with Gasteiger partial charge in [-0.05, 0) is 63.5 Å². The van der Waals surface area contributed by atoms with Crippen LogP contribution in [0.4, 0.5) is 30.5 Å². The molecule has 0 unspecified atom stereocenters. The van der Waals surface area contributed by atoms with Gasteiger partial charge in [0.1, 0.15) is 0 Å². The second kappa shape index (κ2) is 12.9. The van der Waals surface area contributed by atoms with E-state index in [0.29, 0.717) is 36.1 Å². The number of halogens is 4. The van der Waals surface area contributed by atoms with Crippen molar-refractivity contribution in [1.29, 1.82) is 0 Å². The van der Waals surface area contributed by atoms with E-state index in [0.717, 1.165) is 34.8 Å². The van der Waals surface area contributed by atoms with Crippen molar-refractivity contribution >= 4 is 39.2 Å². The van der Waals surface area contributed by atoms with E-state index in [-0.39, 0.29) is 24.2 Å². The van der Waals surface area contributed by atoms with Crippen LogP contribution < -0.4 is 21.7 Å². The smallest absolute Gasteiger partial charge is 0.326 e. The lowest BCUT2D eigenvalue weighted by atomic mass is 10.0. The number of piperazine rings is 1. The molecular weight excluding hydrogens is 613 g/mol. The molecule has 1 saturated heterocycles. The number of nitrogens with two attached hydrogens (primary N) is 1. The number of alkyl halides is 3. The number of pyridine rings is 1. The molecule has 0 radical (unpaired) electrons. The Morgan fingerprint density at radius 2 is 1.83 bits per heavy atom. The summed E-state index contributed by atoms with van der Waals surface area (Å²) in [6.07, 6.45) is 0.354. The van der Waals surface area contributed by atoms with Crippen molar-refractivity contribution < 1.29 is 18.0 Å². The molecule has 4 aromatic rings. The molecule has 0 atom stereocenters. The van der Waals surface area contributed by atoms with E-state index in [1.165, 1.54) is 12.1 Å². The molecule has 2 aromatic heterocycles. The van der Waals surface area contributed by atoms with Gasteiger partial charge in [-0.15, -0.1) is 0 Å². The van der Waals surface area contributed by atoms with Gasteiger partial charge in [0.25, 0.3) is 5.91 Å². The van der Waals surface area contributed by atoms with Gasteiger partial charge in [0.2, 0.25) is 5.95 Å². The van der Waals surface area contributed by atoms with Gasteiger partial charge in [0, 0.05) is 84.8 Å². The Bertz CT molecular complexity index is 1580. The molecule has 13 heteroatoms. The Balaban J connectivity index is 1.35. The molecule has 5 rings (SSSR count). The molecule has 5 N–H and O–H groups in total. The number of carbonyl (C=O) groups is 1. The van der Waals surface area contributed by atoms with Crippen molar-refractivity contribution in [3.8, 4) is 11.3 Å². The van der Waals surface area contributed by atoms with Crippen LogP contribution in [-0.2, 0) is 19.3 Å². The number of nitrogens with zero attached hydrogens (tertiary/aromatic N) is 4. The molecule has 1 amide bonds. The topological polar surface area (TPSA) is 121 Å². The molecular formula is C29H28BrF3N8O. The van der Waals surface area contributed by atoms with Gasteiger partial charge in [0.05, 0.1) is 11.3 Å². The fraction of sp³-hybridized carbons (Fsp3) is 0.241. The molecule has 1 aliphatic rings. The number of anilines is 3. The van der Waals surface area contributed by atoms with Gasteiger partial charge < -0.3 is 21.7 Å². The lowest BCUT2D eigenvalue weighted by molar-refractivity contribution is -0.138. The first-order valence-corrected chi connectivity index (χ1v) is 14.0. The first-order chi connectivity index (χ1) is 20.2. The zero-order valence-electron chi connectivity index (χ0n) is 22.4. The van der Waals surface area contributed by atoms with Crippen molar-refractivity contribution in [3.63, 3.8) is 0 Å². The third-order valence-corrected chi connectivity index (χ3v) is 7.21. The average molecular weight is 641 g/mol. The van der Waals surface area contributed by atoms with Crippen molar-refractivity contribution in [2.75, 3.05) is 36.8 Å². The Labute approximate surface area is 248 Å². The maximum absolute atomic E-state index is 14.0. The van der Waals surface area contributed by atoms with E-state index in [2.05, 4.69) is 46.8 Å². The molecule has 1 aliphatic heterocycles. The molecule has 2 aromatic carbocycles. The van der Waals surface area contributed by atoms with E-state index < -0.39 is 17.6 Å². The summed E-state index contributed by atoms with van der Waals surface area (Å²) in [4.78, 5) is 28.0. The molecule has 9 nitrogen and oxygen atoms in total. The highest BCUT2D eigenvalue weighted by Gasteiger charge is 2.34. The summed E-state index contributed by atoms with van der Waals surface area (Å²) in [5.41, 5.74) is 8.22. The molecule has 0 bridgehead atoms. The minimum absolute atomic E-state index is 0.0949. The van der Waals surface area contributed by atoms with Crippen molar-refractivity contribution in [2.45, 2.75) is 19.3 Å². The van der Waals surface area contributed by atoms with Crippen LogP contribution in [0.1, 0.15) is 27.0 Å². The van der Waals surface area contributed by atoms with Crippen LogP contribution in [0.25, 0.3) is 11.3 Å². The van der Waals surface area contributed by atoms with Crippen molar-refractivity contribution in [1.82, 2.24) is 25.2 Å². The highest BCUT2D eigenvalue weighted by Crippen LogP contribution is 2.34. The molecule has 218 valence electrons.